The second-order valence-corrected chi connectivity index (χ2v) is 14.0. The van der Waals surface area contributed by atoms with E-state index in [1.807, 2.05) is 23.5 Å². The SMILES string of the molecule is CCCCCCCCCCCCc1cccc(SC)c1/C=C/c1c(CCCCCCCCCCCC)cccc1SC. The maximum Gasteiger partial charge on any atom is 0.0144 e. The summed E-state index contributed by atoms with van der Waals surface area (Å²) in [5.41, 5.74) is 5.94. The summed E-state index contributed by atoms with van der Waals surface area (Å²) in [7, 11) is 0. The van der Waals surface area contributed by atoms with Gasteiger partial charge in [0.15, 0.2) is 0 Å². The number of hydrogen-bond donors (Lipinski definition) is 0. The van der Waals surface area contributed by atoms with Crippen LogP contribution >= 0.6 is 23.5 Å². The highest BCUT2D eigenvalue weighted by Gasteiger charge is 2.09. The number of hydrogen-bond acceptors (Lipinski definition) is 2. The zero-order valence-corrected chi connectivity index (χ0v) is 29.6. The summed E-state index contributed by atoms with van der Waals surface area (Å²) < 4.78 is 0. The summed E-state index contributed by atoms with van der Waals surface area (Å²) in [6, 6.07) is 13.9. The summed E-state index contributed by atoms with van der Waals surface area (Å²) >= 11 is 3.78. The lowest BCUT2D eigenvalue weighted by atomic mass is 9.97. The summed E-state index contributed by atoms with van der Waals surface area (Å²) in [5.74, 6) is 0. The molecule has 236 valence electrons. The molecule has 2 aromatic rings. The Bertz CT molecular complexity index is 883. The van der Waals surface area contributed by atoms with E-state index in [-0.39, 0.29) is 0 Å². The molecule has 0 heterocycles. The Morgan fingerprint density at radius 2 is 0.738 bits per heavy atom. The Balaban J connectivity index is 1.91. The summed E-state index contributed by atoms with van der Waals surface area (Å²) in [5, 5.41) is 0. The molecule has 2 rings (SSSR count). The minimum absolute atomic E-state index is 1.19. The number of thioether (sulfide) groups is 2. The Morgan fingerprint density at radius 3 is 1.05 bits per heavy atom. The summed E-state index contributed by atoms with van der Waals surface area (Å²) in [6.07, 6.45) is 39.6. The number of benzene rings is 2. The third-order valence-corrected chi connectivity index (χ3v) is 10.4. The van der Waals surface area contributed by atoms with Crippen LogP contribution in [0, 0.1) is 0 Å². The van der Waals surface area contributed by atoms with Crippen LogP contribution in [0.3, 0.4) is 0 Å². The molecular weight excluding hydrogens is 545 g/mol. The van der Waals surface area contributed by atoms with Crippen molar-refractivity contribution in [1.29, 1.82) is 0 Å². The van der Waals surface area contributed by atoms with Crippen LogP contribution < -0.4 is 0 Å². The van der Waals surface area contributed by atoms with Gasteiger partial charge in [0.05, 0.1) is 0 Å². The molecule has 0 unspecified atom stereocenters. The van der Waals surface area contributed by atoms with Crippen molar-refractivity contribution in [3.05, 3.63) is 58.7 Å². The maximum absolute atomic E-state index is 2.44. The lowest BCUT2D eigenvalue weighted by molar-refractivity contribution is 0.556. The zero-order chi connectivity index (χ0) is 30.1. The lowest BCUT2D eigenvalue weighted by Crippen LogP contribution is -1.95. The largest absolute Gasteiger partial charge is 0.129 e. The number of aryl methyl sites for hydroxylation is 2. The Hall–Kier alpha value is -1.12. The fraction of sp³-hybridized carbons (Fsp3) is 0.650. The molecule has 0 amide bonds. The highest BCUT2D eigenvalue weighted by Crippen LogP contribution is 2.31. The fourth-order valence-electron chi connectivity index (χ4n) is 6.12. The molecular formula is C40H64S2. The van der Waals surface area contributed by atoms with Crippen LogP contribution in [0.2, 0.25) is 0 Å². The molecule has 2 aromatic carbocycles. The first-order valence-corrected chi connectivity index (χ1v) is 20.2. The van der Waals surface area contributed by atoms with Gasteiger partial charge in [-0.2, -0.15) is 0 Å². The van der Waals surface area contributed by atoms with Crippen molar-refractivity contribution in [2.45, 2.75) is 165 Å². The molecule has 0 N–H and O–H groups in total. The Labute approximate surface area is 270 Å². The molecule has 0 aliphatic rings. The predicted molar refractivity (Wildman–Crippen MR) is 196 cm³/mol. The lowest BCUT2D eigenvalue weighted by Gasteiger charge is -2.13. The van der Waals surface area contributed by atoms with Crippen LogP contribution in [-0.2, 0) is 12.8 Å². The first kappa shape index (κ1) is 37.1. The third-order valence-electron chi connectivity index (χ3n) is 8.77. The monoisotopic (exact) mass is 608 g/mol. The van der Waals surface area contributed by atoms with Crippen LogP contribution in [0.1, 0.15) is 165 Å². The zero-order valence-electron chi connectivity index (χ0n) is 28.0. The van der Waals surface area contributed by atoms with Crippen molar-refractivity contribution >= 4 is 35.7 Å². The molecule has 0 saturated heterocycles. The van der Waals surface area contributed by atoms with Crippen LogP contribution in [0.25, 0.3) is 12.2 Å². The van der Waals surface area contributed by atoms with E-state index in [2.05, 4.69) is 74.9 Å². The normalized spacial score (nSPS) is 11.6. The molecule has 42 heavy (non-hydrogen) atoms. The first-order valence-electron chi connectivity index (χ1n) is 17.7. The van der Waals surface area contributed by atoms with E-state index in [0.29, 0.717) is 0 Å². The second kappa shape index (κ2) is 25.2. The number of rotatable bonds is 26. The van der Waals surface area contributed by atoms with Gasteiger partial charge in [0, 0.05) is 9.79 Å². The molecule has 0 fully saturated rings. The van der Waals surface area contributed by atoms with Gasteiger partial charge in [-0.15, -0.1) is 23.5 Å². The average Bonchev–Trinajstić information content (AvgIpc) is 3.02. The van der Waals surface area contributed by atoms with E-state index in [1.54, 1.807) is 0 Å². The maximum atomic E-state index is 2.44. The fourth-order valence-corrected chi connectivity index (χ4v) is 7.39. The molecule has 0 bridgehead atoms. The average molecular weight is 609 g/mol. The molecule has 0 spiro atoms. The van der Waals surface area contributed by atoms with E-state index in [1.165, 1.54) is 173 Å². The first-order chi connectivity index (χ1) is 20.7. The van der Waals surface area contributed by atoms with Gasteiger partial charge < -0.3 is 0 Å². The molecule has 0 radical (unpaired) electrons. The highest BCUT2D eigenvalue weighted by molar-refractivity contribution is 7.98. The Kier molecular flexibility index (Phi) is 22.3. The van der Waals surface area contributed by atoms with Gasteiger partial charge in [0.1, 0.15) is 0 Å². The van der Waals surface area contributed by atoms with Crippen molar-refractivity contribution in [1.82, 2.24) is 0 Å². The van der Waals surface area contributed by atoms with Crippen molar-refractivity contribution in [2.75, 3.05) is 12.5 Å². The van der Waals surface area contributed by atoms with E-state index in [9.17, 15) is 0 Å². The van der Waals surface area contributed by atoms with Crippen molar-refractivity contribution in [3.63, 3.8) is 0 Å². The van der Waals surface area contributed by atoms with Crippen LogP contribution in [0.5, 0.6) is 0 Å². The van der Waals surface area contributed by atoms with Gasteiger partial charge >= 0.3 is 0 Å². The highest BCUT2D eigenvalue weighted by atomic mass is 32.2. The molecule has 2 heteroatoms. The van der Waals surface area contributed by atoms with Crippen LogP contribution in [-0.4, -0.2) is 12.5 Å². The topological polar surface area (TPSA) is 0 Å². The molecule has 0 nitrogen and oxygen atoms in total. The van der Waals surface area contributed by atoms with Crippen molar-refractivity contribution in [2.24, 2.45) is 0 Å². The van der Waals surface area contributed by atoms with Crippen molar-refractivity contribution < 1.29 is 0 Å². The van der Waals surface area contributed by atoms with E-state index < -0.39 is 0 Å². The minimum Gasteiger partial charge on any atom is -0.129 e. The van der Waals surface area contributed by atoms with Gasteiger partial charge in [-0.1, -0.05) is 166 Å². The van der Waals surface area contributed by atoms with Gasteiger partial charge in [-0.05, 0) is 72.6 Å². The van der Waals surface area contributed by atoms with E-state index in [4.69, 9.17) is 0 Å². The minimum atomic E-state index is 1.19. The predicted octanol–water partition coefficient (Wildman–Crippen LogP) is 14.2. The standard InChI is InChI=1S/C40H64S2/c1-5-7-9-11-13-15-17-19-21-23-27-35-29-25-31-39(41-3)37(35)33-34-38-36(30-26-32-40(38)42-4)28-24-22-20-18-16-14-12-10-8-6-2/h25-26,29-34H,5-24,27-28H2,1-4H3/b34-33+. The quantitative estimate of drug-likeness (QED) is 0.0592. The van der Waals surface area contributed by atoms with Gasteiger partial charge in [0.2, 0.25) is 0 Å². The molecule has 0 aliphatic heterocycles. The van der Waals surface area contributed by atoms with E-state index >= 15 is 0 Å². The third kappa shape index (κ3) is 15.6. The second-order valence-electron chi connectivity index (χ2n) is 12.3. The molecule has 0 aliphatic carbocycles. The van der Waals surface area contributed by atoms with Gasteiger partial charge in [-0.25, -0.2) is 0 Å². The summed E-state index contributed by atoms with van der Waals surface area (Å²) in [4.78, 5) is 2.82. The molecule has 0 saturated carbocycles. The molecule has 0 aromatic heterocycles. The van der Waals surface area contributed by atoms with E-state index in [0.717, 1.165) is 0 Å². The summed E-state index contributed by atoms with van der Waals surface area (Å²) in [6.45, 7) is 4.60. The van der Waals surface area contributed by atoms with Crippen LogP contribution in [0.15, 0.2) is 46.2 Å². The van der Waals surface area contributed by atoms with Gasteiger partial charge in [0.25, 0.3) is 0 Å². The number of unbranched alkanes of at least 4 members (excludes halogenated alkanes) is 18. The smallest absolute Gasteiger partial charge is 0.0144 e. The van der Waals surface area contributed by atoms with Crippen LogP contribution in [0.4, 0.5) is 0 Å². The Morgan fingerprint density at radius 1 is 0.429 bits per heavy atom. The van der Waals surface area contributed by atoms with Crippen molar-refractivity contribution in [3.8, 4) is 0 Å². The molecule has 0 atom stereocenters. The van der Waals surface area contributed by atoms with Gasteiger partial charge in [-0.3, -0.25) is 0 Å².